The van der Waals surface area contributed by atoms with Crippen LogP contribution < -0.4 is 10.2 Å². The highest BCUT2D eigenvalue weighted by atomic mass is 16.2. The summed E-state index contributed by atoms with van der Waals surface area (Å²) in [5, 5.41) is 2.84. The van der Waals surface area contributed by atoms with Crippen molar-refractivity contribution >= 4 is 23.2 Å². The normalized spacial score (nSPS) is 17.4. The average molecular weight is 309 g/mol. The van der Waals surface area contributed by atoms with Crippen molar-refractivity contribution in [2.24, 2.45) is 5.92 Å². The molecule has 0 spiro atoms. The van der Waals surface area contributed by atoms with E-state index in [1.54, 1.807) is 29.4 Å². The predicted octanol–water partition coefficient (Wildman–Crippen LogP) is 2.69. The third-order valence-electron chi connectivity index (χ3n) is 4.25. The molecule has 3 rings (SSSR count). The van der Waals surface area contributed by atoms with Gasteiger partial charge in [0.1, 0.15) is 0 Å². The van der Waals surface area contributed by atoms with E-state index in [9.17, 15) is 9.59 Å². The summed E-state index contributed by atoms with van der Waals surface area (Å²) in [7, 11) is 0. The van der Waals surface area contributed by atoms with Crippen LogP contribution in [0.5, 0.6) is 0 Å². The summed E-state index contributed by atoms with van der Waals surface area (Å²) in [5.41, 5.74) is 3.88. The highest BCUT2D eigenvalue weighted by molar-refractivity contribution is 6.03. The van der Waals surface area contributed by atoms with Crippen LogP contribution in [-0.2, 0) is 9.59 Å². The Labute approximate surface area is 135 Å². The molecule has 0 saturated carbocycles. The predicted molar refractivity (Wildman–Crippen MR) is 89.2 cm³/mol. The van der Waals surface area contributed by atoms with Crippen LogP contribution >= 0.6 is 0 Å². The van der Waals surface area contributed by atoms with Crippen LogP contribution in [-0.4, -0.2) is 23.3 Å². The maximum Gasteiger partial charge on any atom is 0.229 e. The summed E-state index contributed by atoms with van der Waals surface area (Å²) in [4.78, 5) is 30.2. The second kappa shape index (κ2) is 6.20. The molecule has 1 fully saturated rings. The lowest BCUT2D eigenvalue weighted by molar-refractivity contribution is -0.122. The molecule has 5 nitrogen and oxygen atoms in total. The fraction of sp³-hybridized carbons (Fsp3) is 0.278. The zero-order valence-electron chi connectivity index (χ0n) is 13.2. The van der Waals surface area contributed by atoms with Gasteiger partial charge in [0.25, 0.3) is 0 Å². The molecule has 0 radical (unpaired) electrons. The van der Waals surface area contributed by atoms with Gasteiger partial charge in [-0.05, 0) is 49.2 Å². The second-order valence-corrected chi connectivity index (χ2v) is 5.90. The molecule has 23 heavy (non-hydrogen) atoms. The summed E-state index contributed by atoms with van der Waals surface area (Å²) < 4.78 is 0. The van der Waals surface area contributed by atoms with Gasteiger partial charge in [0.2, 0.25) is 11.8 Å². The van der Waals surface area contributed by atoms with Crippen molar-refractivity contribution in [3.63, 3.8) is 0 Å². The zero-order valence-corrected chi connectivity index (χ0v) is 13.2. The molecule has 1 aliphatic rings. The Morgan fingerprint density at radius 3 is 2.61 bits per heavy atom. The summed E-state index contributed by atoms with van der Waals surface area (Å²) in [6.45, 7) is 4.47. The quantitative estimate of drug-likeness (QED) is 0.948. The average Bonchev–Trinajstić information content (AvgIpc) is 2.93. The van der Waals surface area contributed by atoms with E-state index in [-0.39, 0.29) is 24.2 Å². The van der Waals surface area contributed by atoms with Gasteiger partial charge < -0.3 is 10.2 Å². The van der Waals surface area contributed by atoms with Gasteiger partial charge >= 0.3 is 0 Å². The standard InChI is InChI=1S/C18H19N3O2/c1-12-3-4-16(9-13(12)2)21-11-14(10-17(21)22)18(23)20-15-5-7-19-8-6-15/h3-9,14H,10-11H2,1-2H3,(H,19,20,23)/t14-/m1/s1. The van der Waals surface area contributed by atoms with Gasteiger partial charge in [0, 0.05) is 36.7 Å². The molecule has 0 unspecified atom stereocenters. The highest BCUT2D eigenvalue weighted by Gasteiger charge is 2.35. The Morgan fingerprint density at radius 1 is 1.17 bits per heavy atom. The van der Waals surface area contributed by atoms with Crippen molar-refractivity contribution in [2.45, 2.75) is 20.3 Å². The molecule has 1 aromatic heterocycles. The minimum absolute atomic E-state index is 0.0110. The Bertz CT molecular complexity index is 743. The largest absolute Gasteiger partial charge is 0.326 e. The van der Waals surface area contributed by atoms with Crippen LogP contribution in [0.4, 0.5) is 11.4 Å². The van der Waals surface area contributed by atoms with E-state index in [1.807, 2.05) is 32.0 Å². The number of nitrogens with one attached hydrogen (secondary N) is 1. The first-order valence-corrected chi connectivity index (χ1v) is 7.63. The first kappa shape index (κ1) is 15.2. The van der Waals surface area contributed by atoms with Gasteiger partial charge in [0.15, 0.2) is 0 Å². The number of benzene rings is 1. The molecule has 118 valence electrons. The smallest absolute Gasteiger partial charge is 0.229 e. The van der Waals surface area contributed by atoms with Gasteiger partial charge in [-0.1, -0.05) is 6.07 Å². The Kier molecular flexibility index (Phi) is 4.10. The molecule has 0 aliphatic carbocycles. The maximum atomic E-state index is 12.3. The molecule has 2 amide bonds. The van der Waals surface area contributed by atoms with E-state index >= 15 is 0 Å². The second-order valence-electron chi connectivity index (χ2n) is 5.90. The highest BCUT2D eigenvalue weighted by Crippen LogP contribution is 2.27. The number of amides is 2. The topological polar surface area (TPSA) is 62.3 Å². The molecular weight excluding hydrogens is 290 g/mol. The van der Waals surface area contributed by atoms with Crippen LogP contribution in [0.3, 0.4) is 0 Å². The van der Waals surface area contributed by atoms with Crippen molar-refractivity contribution < 1.29 is 9.59 Å². The maximum absolute atomic E-state index is 12.3. The van der Waals surface area contributed by atoms with E-state index in [1.165, 1.54) is 5.56 Å². The van der Waals surface area contributed by atoms with Crippen molar-refractivity contribution in [2.75, 3.05) is 16.8 Å². The van der Waals surface area contributed by atoms with Crippen molar-refractivity contribution in [1.82, 2.24) is 4.98 Å². The molecular formula is C18H19N3O2. The first-order chi connectivity index (χ1) is 11.0. The van der Waals surface area contributed by atoms with Crippen LogP contribution in [0.25, 0.3) is 0 Å². The third-order valence-corrected chi connectivity index (χ3v) is 4.25. The SMILES string of the molecule is Cc1ccc(N2C[C@H](C(=O)Nc3ccncc3)CC2=O)cc1C. The summed E-state index contributed by atoms with van der Waals surface area (Å²) in [6.07, 6.45) is 3.48. The van der Waals surface area contributed by atoms with Crippen LogP contribution in [0.2, 0.25) is 0 Å². The van der Waals surface area contributed by atoms with E-state index in [4.69, 9.17) is 0 Å². The van der Waals surface area contributed by atoms with Gasteiger partial charge in [0.05, 0.1) is 5.92 Å². The summed E-state index contributed by atoms with van der Waals surface area (Å²) >= 11 is 0. The van der Waals surface area contributed by atoms with Gasteiger partial charge in [-0.25, -0.2) is 0 Å². The number of aromatic nitrogens is 1. The van der Waals surface area contributed by atoms with Crippen LogP contribution in [0.1, 0.15) is 17.5 Å². The van der Waals surface area contributed by atoms with Gasteiger partial charge in [-0.3, -0.25) is 14.6 Å². The molecule has 1 N–H and O–H groups in total. The number of aryl methyl sites for hydroxylation is 2. The van der Waals surface area contributed by atoms with E-state index in [0.29, 0.717) is 12.2 Å². The van der Waals surface area contributed by atoms with Crippen molar-refractivity contribution in [3.8, 4) is 0 Å². The number of nitrogens with zero attached hydrogens (tertiary/aromatic N) is 2. The van der Waals surface area contributed by atoms with Crippen LogP contribution in [0, 0.1) is 19.8 Å². The molecule has 1 saturated heterocycles. The fourth-order valence-corrected chi connectivity index (χ4v) is 2.71. The molecule has 0 bridgehead atoms. The Hall–Kier alpha value is -2.69. The minimum Gasteiger partial charge on any atom is -0.326 e. The molecule has 2 aromatic rings. The van der Waals surface area contributed by atoms with E-state index in [0.717, 1.165) is 11.3 Å². The van der Waals surface area contributed by atoms with Crippen molar-refractivity contribution in [1.29, 1.82) is 0 Å². The van der Waals surface area contributed by atoms with Gasteiger partial charge in [-0.15, -0.1) is 0 Å². The van der Waals surface area contributed by atoms with Gasteiger partial charge in [-0.2, -0.15) is 0 Å². The summed E-state index contributed by atoms with van der Waals surface area (Å²) in [6, 6.07) is 9.40. The fourth-order valence-electron chi connectivity index (χ4n) is 2.71. The van der Waals surface area contributed by atoms with Crippen molar-refractivity contribution in [3.05, 3.63) is 53.9 Å². The molecule has 1 aromatic carbocycles. The van der Waals surface area contributed by atoms with E-state index in [2.05, 4.69) is 10.3 Å². The molecule has 1 atom stereocenters. The lowest BCUT2D eigenvalue weighted by Gasteiger charge is -2.18. The molecule has 2 heterocycles. The number of hydrogen-bond acceptors (Lipinski definition) is 3. The monoisotopic (exact) mass is 309 g/mol. The Morgan fingerprint density at radius 2 is 1.91 bits per heavy atom. The Balaban J connectivity index is 1.71. The number of carbonyl (C=O) groups is 2. The first-order valence-electron chi connectivity index (χ1n) is 7.63. The number of anilines is 2. The van der Waals surface area contributed by atoms with Crippen LogP contribution in [0.15, 0.2) is 42.7 Å². The lowest BCUT2D eigenvalue weighted by atomic mass is 10.1. The third kappa shape index (κ3) is 3.23. The number of rotatable bonds is 3. The molecule has 5 heteroatoms. The minimum atomic E-state index is -0.336. The summed E-state index contributed by atoms with van der Waals surface area (Å²) in [5.74, 6) is -0.476. The number of carbonyl (C=O) groups excluding carboxylic acids is 2. The lowest BCUT2D eigenvalue weighted by Crippen LogP contribution is -2.28. The van der Waals surface area contributed by atoms with E-state index < -0.39 is 0 Å². The number of hydrogen-bond donors (Lipinski definition) is 1. The zero-order chi connectivity index (χ0) is 16.4. The molecule has 1 aliphatic heterocycles. The number of pyridine rings is 1.